The van der Waals surface area contributed by atoms with Crippen LogP contribution in [0.15, 0.2) is 24.1 Å². The number of thiazole rings is 1. The summed E-state index contributed by atoms with van der Waals surface area (Å²) in [6.07, 6.45) is 5.59. The number of amides is 1. The van der Waals surface area contributed by atoms with Crippen LogP contribution in [0.25, 0.3) is 0 Å². The summed E-state index contributed by atoms with van der Waals surface area (Å²) in [6.45, 7) is 0. The summed E-state index contributed by atoms with van der Waals surface area (Å²) in [5.41, 5.74) is 2.53. The van der Waals surface area contributed by atoms with Gasteiger partial charge in [0.2, 0.25) is 5.91 Å². The minimum absolute atomic E-state index is 0.0391. The molecule has 0 aliphatic carbocycles. The Morgan fingerprint density at radius 3 is 2.94 bits per heavy atom. The van der Waals surface area contributed by atoms with E-state index in [9.17, 15) is 4.79 Å². The Morgan fingerprint density at radius 1 is 1.56 bits per heavy atom. The number of anilines is 1. The molecule has 0 saturated carbocycles. The van der Waals surface area contributed by atoms with Gasteiger partial charge in [-0.05, 0) is 0 Å². The zero-order valence-corrected chi connectivity index (χ0v) is 9.94. The van der Waals surface area contributed by atoms with Gasteiger partial charge in [-0.1, -0.05) is 0 Å². The number of aryl methyl sites for hydroxylation is 1. The average Bonchev–Trinajstić information content (AvgIpc) is 2.88. The molecule has 2 rings (SSSR count). The van der Waals surface area contributed by atoms with Crippen molar-refractivity contribution in [3.63, 3.8) is 0 Å². The predicted octanol–water partition coefficient (Wildman–Crippen LogP) is 1.08. The fraction of sp³-hybridized carbons (Fsp3) is 0.300. The number of likely N-dealkylation sites (N-methyl/N-ethyl adjacent to an activating group) is 1. The zero-order valence-electron chi connectivity index (χ0n) is 9.12. The molecule has 0 N–H and O–H groups in total. The molecule has 0 aliphatic rings. The highest BCUT2D eigenvalue weighted by atomic mass is 32.1. The van der Waals surface area contributed by atoms with E-state index in [1.54, 1.807) is 34.5 Å². The maximum atomic E-state index is 11.9. The average molecular weight is 236 g/mol. The third-order valence-electron chi connectivity index (χ3n) is 2.26. The van der Waals surface area contributed by atoms with Gasteiger partial charge in [-0.2, -0.15) is 5.10 Å². The molecule has 0 radical (unpaired) electrons. The van der Waals surface area contributed by atoms with Gasteiger partial charge in [0.15, 0.2) is 0 Å². The quantitative estimate of drug-likeness (QED) is 0.801. The molecule has 2 heterocycles. The van der Waals surface area contributed by atoms with Crippen molar-refractivity contribution >= 4 is 22.9 Å². The highest BCUT2D eigenvalue weighted by Crippen LogP contribution is 2.13. The van der Waals surface area contributed by atoms with Crippen LogP contribution >= 0.6 is 11.3 Å². The first kappa shape index (κ1) is 10.8. The van der Waals surface area contributed by atoms with Crippen molar-refractivity contribution in [3.05, 3.63) is 29.0 Å². The molecule has 0 saturated heterocycles. The van der Waals surface area contributed by atoms with Crippen molar-refractivity contribution in [2.45, 2.75) is 6.42 Å². The summed E-state index contributed by atoms with van der Waals surface area (Å²) in [6, 6.07) is 0. The lowest BCUT2D eigenvalue weighted by Crippen LogP contribution is -2.27. The summed E-state index contributed by atoms with van der Waals surface area (Å²) >= 11 is 1.49. The van der Waals surface area contributed by atoms with Crippen LogP contribution in [0.2, 0.25) is 0 Å². The van der Waals surface area contributed by atoms with Crippen LogP contribution in [0.3, 0.4) is 0 Å². The number of hydrogen-bond acceptors (Lipinski definition) is 4. The number of carbonyl (C=O) groups is 1. The Kier molecular flexibility index (Phi) is 3.00. The number of nitrogens with zero attached hydrogens (tertiary/aromatic N) is 4. The van der Waals surface area contributed by atoms with E-state index in [1.807, 2.05) is 13.2 Å². The second kappa shape index (κ2) is 4.44. The lowest BCUT2D eigenvalue weighted by atomic mass is 10.3. The van der Waals surface area contributed by atoms with Gasteiger partial charge in [0.25, 0.3) is 0 Å². The fourth-order valence-corrected chi connectivity index (χ4v) is 1.91. The van der Waals surface area contributed by atoms with Crippen LogP contribution in [0, 0.1) is 0 Å². The molecule has 0 atom stereocenters. The molecule has 0 spiro atoms. The van der Waals surface area contributed by atoms with Gasteiger partial charge in [0.1, 0.15) is 0 Å². The van der Waals surface area contributed by atoms with Crippen LogP contribution in [0.5, 0.6) is 0 Å². The van der Waals surface area contributed by atoms with Crippen molar-refractivity contribution in [1.29, 1.82) is 0 Å². The second-order valence-corrected chi connectivity index (χ2v) is 4.44. The Balaban J connectivity index is 2.05. The number of rotatable bonds is 3. The molecular weight excluding hydrogens is 224 g/mol. The zero-order chi connectivity index (χ0) is 11.5. The van der Waals surface area contributed by atoms with E-state index >= 15 is 0 Å². The number of carbonyl (C=O) groups excluding carboxylic acids is 1. The highest BCUT2D eigenvalue weighted by Gasteiger charge is 2.13. The van der Waals surface area contributed by atoms with Crippen LogP contribution in [-0.4, -0.2) is 27.7 Å². The van der Waals surface area contributed by atoms with E-state index < -0.39 is 0 Å². The van der Waals surface area contributed by atoms with E-state index in [0.717, 1.165) is 10.6 Å². The molecule has 5 nitrogen and oxygen atoms in total. The normalized spacial score (nSPS) is 10.4. The summed E-state index contributed by atoms with van der Waals surface area (Å²) in [5.74, 6) is 0.0391. The van der Waals surface area contributed by atoms with Gasteiger partial charge in [-0.15, -0.1) is 11.3 Å². The van der Waals surface area contributed by atoms with Gasteiger partial charge >= 0.3 is 0 Å². The number of hydrogen-bond donors (Lipinski definition) is 0. The summed E-state index contributed by atoms with van der Waals surface area (Å²) in [7, 11) is 3.57. The van der Waals surface area contributed by atoms with Crippen molar-refractivity contribution in [2.75, 3.05) is 11.9 Å². The molecule has 0 fully saturated rings. The van der Waals surface area contributed by atoms with E-state index in [4.69, 9.17) is 0 Å². The van der Waals surface area contributed by atoms with Crippen LogP contribution in [0.1, 0.15) is 4.88 Å². The molecule has 2 aromatic rings. The molecule has 16 heavy (non-hydrogen) atoms. The Bertz CT molecular complexity index is 477. The molecular formula is C10H12N4OS. The first-order valence-corrected chi connectivity index (χ1v) is 5.67. The first-order chi connectivity index (χ1) is 7.66. The van der Waals surface area contributed by atoms with E-state index in [1.165, 1.54) is 11.3 Å². The standard InChI is InChI=1S/C10H12N4OS/c1-13-6-8(4-12-13)14(2)10(15)3-9-5-11-7-16-9/h4-7H,3H2,1-2H3. The SMILES string of the molecule is CN(C(=O)Cc1cncs1)c1cnn(C)c1. The minimum atomic E-state index is 0.0391. The van der Waals surface area contributed by atoms with Gasteiger partial charge in [0.05, 0.1) is 23.8 Å². The van der Waals surface area contributed by atoms with Crippen LogP contribution in [-0.2, 0) is 18.3 Å². The van der Waals surface area contributed by atoms with Crippen LogP contribution < -0.4 is 4.90 Å². The van der Waals surface area contributed by atoms with E-state index in [0.29, 0.717) is 6.42 Å². The minimum Gasteiger partial charge on any atom is -0.312 e. The molecule has 0 bridgehead atoms. The van der Waals surface area contributed by atoms with Crippen molar-refractivity contribution in [3.8, 4) is 0 Å². The molecule has 0 aliphatic heterocycles. The van der Waals surface area contributed by atoms with Gasteiger partial charge in [-0.3, -0.25) is 14.5 Å². The first-order valence-electron chi connectivity index (χ1n) is 4.79. The largest absolute Gasteiger partial charge is 0.312 e. The molecule has 0 unspecified atom stereocenters. The Labute approximate surface area is 97.3 Å². The highest BCUT2D eigenvalue weighted by molar-refractivity contribution is 7.09. The van der Waals surface area contributed by atoms with Crippen molar-refractivity contribution in [1.82, 2.24) is 14.8 Å². The lowest BCUT2D eigenvalue weighted by Gasteiger charge is -2.13. The van der Waals surface area contributed by atoms with Crippen molar-refractivity contribution in [2.24, 2.45) is 7.05 Å². The smallest absolute Gasteiger partial charge is 0.232 e. The van der Waals surface area contributed by atoms with Gasteiger partial charge in [0, 0.05) is 31.4 Å². The second-order valence-electron chi connectivity index (χ2n) is 3.47. The topological polar surface area (TPSA) is 51.0 Å². The summed E-state index contributed by atoms with van der Waals surface area (Å²) < 4.78 is 1.67. The molecule has 1 amide bonds. The maximum absolute atomic E-state index is 11.9. The Hall–Kier alpha value is -1.69. The molecule has 6 heteroatoms. The fourth-order valence-electron chi connectivity index (χ4n) is 1.32. The van der Waals surface area contributed by atoms with Crippen molar-refractivity contribution < 1.29 is 4.79 Å². The molecule has 0 aromatic carbocycles. The third-order valence-corrected chi connectivity index (χ3v) is 3.04. The van der Waals surface area contributed by atoms with E-state index in [2.05, 4.69) is 10.1 Å². The number of aromatic nitrogens is 3. The lowest BCUT2D eigenvalue weighted by molar-refractivity contribution is -0.117. The Morgan fingerprint density at radius 2 is 2.38 bits per heavy atom. The molecule has 84 valence electrons. The predicted molar refractivity (Wildman–Crippen MR) is 62.4 cm³/mol. The molecule has 2 aromatic heterocycles. The monoisotopic (exact) mass is 236 g/mol. The summed E-state index contributed by atoms with van der Waals surface area (Å²) in [4.78, 5) is 18.4. The van der Waals surface area contributed by atoms with Gasteiger partial charge in [-0.25, -0.2) is 0 Å². The van der Waals surface area contributed by atoms with Gasteiger partial charge < -0.3 is 4.90 Å². The van der Waals surface area contributed by atoms with E-state index in [-0.39, 0.29) is 5.91 Å². The maximum Gasteiger partial charge on any atom is 0.232 e. The third kappa shape index (κ3) is 2.27. The summed E-state index contributed by atoms with van der Waals surface area (Å²) in [5, 5.41) is 4.03. The van der Waals surface area contributed by atoms with Crippen LogP contribution in [0.4, 0.5) is 5.69 Å².